The van der Waals surface area contributed by atoms with E-state index in [1.54, 1.807) is 0 Å². The van der Waals surface area contributed by atoms with E-state index in [-0.39, 0.29) is 12.1 Å². The molecule has 1 heterocycles. The van der Waals surface area contributed by atoms with Crippen molar-refractivity contribution in [2.45, 2.75) is 63.2 Å². The molecule has 2 aliphatic carbocycles. The molecule has 2 N–H and O–H groups in total. The van der Waals surface area contributed by atoms with Gasteiger partial charge in [-0.15, -0.1) is 0 Å². The Bertz CT molecular complexity index is 345. The largest absolute Gasteiger partial charge is 0.391 e. The average Bonchev–Trinajstić information content (AvgIpc) is 2.83. The smallest absolute Gasteiger partial charge is 0.327 e. The van der Waals surface area contributed by atoms with Crippen molar-refractivity contribution in [3.8, 4) is 0 Å². The number of halogens is 3. The van der Waals surface area contributed by atoms with Crippen molar-refractivity contribution in [3.05, 3.63) is 0 Å². The van der Waals surface area contributed by atoms with Gasteiger partial charge in [0.15, 0.2) is 0 Å². The highest BCUT2D eigenvalue weighted by Crippen LogP contribution is 2.42. The Morgan fingerprint density at radius 1 is 0.950 bits per heavy atom. The minimum Gasteiger partial charge on any atom is -0.327 e. The van der Waals surface area contributed by atoms with Gasteiger partial charge in [0.05, 0.1) is 5.92 Å². The van der Waals surface area contributed by atoms with E-state index in [9.17, 15) is 13.2 Å². The molecule has 2 saturated carbocycles. The molecule has 3 rings (SSSR count). The van der Waals surface area contributed by atoms with Crippen molar-refractivity contribution in [3.63, 3.8) is 0 Å². The van der Waals surface area contributed by atoms with Crippen LogP contribution in [0.5, 0.6) is 0 Å². The van der Waals surface area contributed by atoms with Crippen LogP contribution in [0.25, 0.3) is 0 Å². The van der Waals surface area contributed by atoms with Gasteiger partial charge >= 0.3 is 6.18 Å². The van der Waals surface area contributed by atoms with Gasteiger partial charge in [-0.05, 0) is 43.9 Å². The van der Waals surface area contributed by atoms with E-state index in [0.717, 1.165) is 25.9 Å². The van der Waals surface area contributed by atoms with E-state index in [1.165, 1.54) is 12.8 Å². The average molecular weight is 290 g/mol. The van der Waals surface area contributed by atoms with Gasteiger partial charge in [-0.25, -0.2) is 0 Å². The number of hydrogen-bond acceptors (Lipinski definition) is 2. The first-order chi connectivity index (χ1) is 9.45. The first-order valence-corrected chi connectivity index (χ1v) is 8.01. The first-order valence-electron chi connectivity index (χ1n) is 8.01. The molecule has 116 valence electrons. The maximum atomic E-state index is 12.9. The third-order valence-corrected chi connectivity index (χ3v) is 5.81. The number of hydrogen-bond donors (Lipinski definition) is 1. The number of nitrogens with zero attached hydrogens (tertiary/aromatic N) is 1. The zero-order valence-electron chi connectivity index (χ0n) is 11.9. The lowest BCUT2D eigenvalue weighted by atomic mass is 9.78. The number of fused-ring (bicyclic) bond motifs is 1. The Hall–Kier alpha value is -0.290. The predicted octanol–water partition coefficient (Wildman–Crippen LogP) is 3.17. The molecule has 3 fully saturated rings. The Morgan fingerprint density at radius 3 is 2.40 bits per heavy atom. The molecular formula is C15H25F3N2. The Kier molecular flexibility index (Phi) is 4.01. The van der Waals surface area contributed by atoms with E-state index in [2.05, 4.69) is 4.90 Å². The van der Waals surface area contributed by atoms with Crippen LogP contribution in [0.1, 0.15) is 44.9 Å². The van der Waals surface area contributed by atoms with E-state index < -0.39 is 12.1 Å². The Morgan fingerprint density at radius 2 is 1.70 bits per heavy atom. The van der Waals surface area contributed by atoms with Crippen molar-refractivity contribution in [1.82, 2.24) is 4.90 Å². The molecule has 0 aromatic carbocycles. The molecular weight excluding hydrogens is 265 g/mol. The summed E-state index contributed by atoms with van der Waals surface area (Å²) in [5, 5.41) is 0. The van der Waals surface area contributed by atoms with Crippen LogP contribution in [-0.4, -0.2) is 36.2 Å². The summed E-state index contributed by atoms with van der Waals surface area (Å²) in [6, 6.07) is 0.397. The Labute approximate surface area is 118 Å². The zero-order valence-corrected chi connectivity index (χ0v) is 11.9. The topological polar surface area (TPSA) is 29.3 Å². The van der Waals surface area contributed by atoms with Gasteiger partial charge in [0.25, 0.3) is 0 Å². The van der Waals surface area contributed by atoms with Crippen LogP contribution in [0.3, 0.4) is 0 Å². The minimum atomic E-state index is -4.01. The lowest BCUT2D eigenvalue weighted by Gasteiger charge is -2.36. The summed E-state index contributed by atoms with van der Waals surface area (Å²) in [4.78, 5) is 2.33. The van der Waals surface area contributed by atoms with Gasteiger partial charge in [-0.3, -0.25) is 4.90 Å². The molecule has 5 unspecified atom stereocenters. The van der Waals surface area contributed by atoms with Gasteiger partial charge < -0.3 is 5.73 Å². The van der Waals surface area contributed by atoms with Crippen molar-refractivity contribution in [1.29, 1.82) is 0 Å². The fourth-order valence-corrected chi connectivity index (χ4v) is 4.64. The van der Waals surface area contributed by atoms with Gasteiger partial charge in [-0.1, -0.05) is 12.8 Å². The maximum Gasteiger partial charge on any atom is 0.391 e. The molecule has 0 amide bonds. The molecule has 0 radical (unpaired) electrons. The van der Waals surface area contributed by atoms with E-state index in [4.69, 9.17) is 5.73 Å². The van der Waals surface area contributed by atoms with E-state index >= 15 is 0 Å². The molecule has 5 atom stereocenters. The fraction of sp³-hybridized carbons (Fsp3) is 1.00. The lowest BCUT2D eigenvalue weighted by molar-refractivity contribution is -0.186. The number of likely N-dealkylation sites (tertiary alicyclic amines) is 1. The highest BCUT2D eigenvalue weighted by atomic mass is 19.4. The van der Waals surface area contributed by atoms with Gasteiger partial charge in [-0.2, -0.15) is 13.2 Å². The summed E-state index contributed by atoms with van der Waals surface area (Å²) in [7, 11) is 0. The molecule has 2 nitrogen and oxygen atoms in total. The molecule has 0 aromatic heterocycles. The van der Waals surface area contributed by atoms with E-state index in [0.29, 0.717) is 31.1 Å². The third-order valence-electron chi connectivity index (χ3n) is 5.81. The summed E-state index contributed by atoms with van der Waals surface area (Å²) in [6.07, 6.45) is 1.75. The van der Waals surface area contributed by atoms with Crippen LogP contribution in [0, 0.1) is 17.8 Å². The quantitative estimate of drug-likeness (QED) is 0.803. The van der Waals surface area contributed by atoms with Crippen LogP contribution >= 0.6 is 0 Å². The van der Waals surface area contributed by atoms with Crippen LogP contribution in [0.2, 0.25) is 0 Å². The van der Waals surface area contributed by atoms with Crippen LogP contribution in [0.15, 0.2) is 0 Å². The first kappa shape index (κ1) is 14.6. The van der Waals surface area contributed by atoms with Crippen LogP contribution in [0.4, 0.5) is 13.2 Å². The summed E-state index contributed by atoms with van der Waals surface area (Å²) in [6.45, 7) is 1.91. The summed E-state index contributed by atoms with van der Waals surface area (Å²) >= 11 is 0. The Balaban J connectivity index is 1.62. The minimum absolute atomic E-state index is 0.133. The summed E-state index contributed by atoms with van der Waals surface area (Å²) in [5.74, 6) is 0.0672. The highest BCUT2D eigenvalue weighted by Gasteiger charge is 2.46. The fourth-order valence-electron chi connectivity index (χ4n) is 4.64. The maximum absolute atomic E-state index is 12.9. The van der Waals surface area contributed by atoms with Crippen LogP contribution in [-0.2, 0) is 0 Å². The molecule has 1 saturated heterocycles. The second-order valence-corrected chi connectivity index (χ2v) is 7.03. The van der Waals surface area contributed by atoms with E-state index in [1.807, 2.05) is 0 Å². The SMILES string of the molecule is NC1CCCC2CN(C3CCCC(C(F)(F)F)C3)CC12. The van der Waals surface area contributed by atoms with Crippen LogP contribution < -0.4 is 5.73 Å². The summed E-state index contributed by atoms with van der Waals surface area (Å²) < 4.78 is 38.8. The molecule has 1 aliphatic heterocycles. The normalized spacial score (nSPS) is 43.5. The zero-order chi connectivity index (χ0) is 14.3. The van der Waals surface area contributed by atoms with Crippen molar-refractivity contribution in [2.24, 2.45) is 23.5 Å². The van der Waals surface area contributed by atoms with Gasteiger partial charge in [0.1, 0.15) is 0 Å². The van der Waals surface area contributed by atoms with Crippen molar-refractivity contribution < 1.29 is 13.2 Å². The number of nitrogens with two attached hydrogens (primary N) is 1. The molecule has 0 bridgehead atoms. The standard InChI is InChI=1S/C15H25F3N2/c16-15(17,18)11-4-2-5-12(7-11)20-8-10-3-1-6-14(19)13(10)9-20/h10-14H,1-9,19H2. The molecule has 0 aromatic rings. The lowest BCUT2D eigenvalue weighted by Crippen LogP contribution is -2.42. The summed E-state index contributed by atoms with van der Waals surface area (Å²) in [5.41, 5.74) is 6.20. The second-order valence-electron chi connectivity index (χ2n) is 7.03. The van der Waals surface area contributed by atoms with Crippen molar-refractivity contribution >= 4 is 0 Å². The highest BCUT2D eigenvalue weighted by molar-refractivity contribution is 4.96. The third kappa shape index (κ3) is 2.84. The number of alkyl halides is 3. The van der Waals surface area contributed by atoms with Gasteiger partial charge in [0.2, 0.25) is 0 Å². The predicted molar refractivity (Wildman–Crippen MR) is 72.2 cm³/mol. The second kappa shape index (κ2) is 5.48. The molecule has 5 heteroatoms. The molecule has 0 spiro atoms. The monoisotopic (exact) mass is 290 g/mol. The van der Waals surface area contributed by atoms with Gasteiger partial charge in [0, 0.05) is 25.2 Å². The number of rotatable bonds is 1. The molecule has 20 heavy (non-hydrogen) atoms. The van der Waals surface area contributed by atoms with Crippen molar-refractivity contribution in [2.75, 3.05) is 13.1 Å². The molecule has 3 aliphatic rings.